The molecule has 1 heterocycles. The maximum atomic E-state index is 14.4. The number of halogens is 3. The number of likely N-dealkylation sites (tertiary alicyclic amines) is 1. The van der Waals surface area contributed by atoms with Crippen LogP contribution in [0.15, 0.2) is 12.1 Å². The molecule has 0 spiro atoms. The molecule has 6 nitrogen and oxygen atoms in total. The molecule has 1 N–H and O–H groups in total. The van der Waals surface area contributed by atoms with Crippen molar-refractivity contribution in [1.82, 2.24) is 4.90 Å². The van der Waals surface area contributed by atoms with Gasteiger partial charge in [0.25, 0.3) is 0 Å². The van der Waals surface area contributed by atoms with Crippen molar-refractivity contribution in [2.45, 2.75) is 31.0 Å². The van der Waals surface area contributed by atoms with Gasteiger partial charge >= 0.3 is 12.1 Å². The average Bonchev–Trinajstić information content (AvgIpc) is 2.62. The van der Waals surface area contributed by atoms with E-state index in [2.05, 4.69) is 4.74 Å². The largest absolute Gasteiger partial charge is 0.502 e. The number of phenolic OH excluding ortho intramolecular Hbond substituents is 1. The predicted octanol–water partition coefficient (Wildman–Crippen LogP) is 2.83. The molecule has 1 aliphatic heterocycles. The van der Waals surface area contributed by atoms with Gasteiger partial charge in [0.1, 0.15) is 0 Å². The maximum Gasteiger partial charge on any atom is 0.421 e. The molecule has 0 bridgehead atoms. The Labute approximate surface area is 149 Å². The van der Waals surface area contributed by atoms with Crippen LogP contribution in [-0.2, 0) is 15.1 Å². The summed E-state index contributed by atoms with van der Waals surface area (Å²) < 4.78 is 57.6. The fourth-order valence-corrected chi connectivity index (χ4v) is 3.37. The molecule has 9 heteroatoms. The molecule has 1 atom stereocenters. The molecule has 26 heavy (non-hydrogen) atoms. The summed E-state index contributed by atoms with van der Waals surface area (Å²) in [6.45, 7) is 0.167. The van der Waals surface area contributed by atoms with Crippen molar-refractivity contribution < 1.29 is 37.3 Å². The van der Waals surface area contributed by atoms with Gasteiger partial charge in [-0.3, -0.25) is 4.90 Å². The van der Waals surface area contributed by atoms with E-state index in [1.807, 2.05) is 0 Å². The summed E-state index contributed by atoms with van der Waals surface area (Å²) >= 11 is 0. The summed E-state index contributed by atoms with van der Waals surface area (Å²) in [6.07, 6.45) is -3.12. The molecule has 0 radical (unpaired) electrons. The third-order valence-corrected chi connectivity index (χ3v) is 4.62. The Hall–Kier alpha value is -2.16. The van der Waals surface area contributed by atoms with Gasteiger partial charge in [0.15, 0.2) is 11.5 Å². The summed E-state index contributed by atoms with van der Waals surface area (Å²) in [5.41, 5.74) is -3.44. The Bertz CT molecular complexity index is 633. The number of carbonyl (C=O) groups is 1. The van der Waals surface area contributed by atoms with Gasteiger partial charge < -0.3 is 19.3 Å². The van der Waals surface area contributed by atoms with Crippen LogP contribution in [0, 0.1) is 0 Å². The van der Waals surface area contributed by atoms with Crippen LogP contribution in [0.1, 0.15) is 24.8 Å². The van der Waals surface area contributed by atoms with E-state index < -0.39 is 29.0 Å². The molecule has 1 aromatic carbocycles. The zero-order valence-electron chi connectivity index (χ0n) is 14.9. The van der Waals surface area contributed by atoms with Crippen LogP contribution in [-0.4, -0.2) is 56.6 Å². The lowest BCUT2D eigenvalue weighted by Gasteiger charge is -2.44. The lowest BCUT2D eigenvalue weighted by atomic mass is 9.84. The number of alkyl halides is 3. The van der Waals surface area contributed by atoms with Gasteiger partial charge in [-0.05, 0) is 38.1 Å². The minimum Gasteiger partial charge on any atom is -0.502 e. The van der Waals surface area contributed by atoms with Gasteiger partial charge in [0, 0.05) is 5.56 Å². The molecule has 1 unspecified atom stereocenters. The number of hydrogen-bond donors (Lipinski definition) is 1. The lowest BCUT2D eigenvalue weighted by molar-refractivity contribution is -0.246. The zero-order valence-corrected chi connectivity index (χ0v) is 14.9. The second kappa shape index (κ2) is 7.61. The molecule has 1 aliphatic rings. The van der Waals surface area contributed by atoms with Gasteiger partial charge in [0.2, 0.25) is 11.3 Å². The summed E-state index contributed by atoms with van der Waals surface area (Å²) in [6, 6.07) is 1.99. The standard InChI is InChI=1S/C17H22F3NO5/c1-24-12-9-11(10-13(25-2)14(12)22)16(15(23)26-3,17(18,19)20)21-7-5-4-6-8-21/h9-10,22H,4-8H2,1-3H3. The number of piperidine rings is 1. The first-order chi connectivity index (χ1) is 12.2. The van der Waals surface area contributed by atoms with Gasteiger partial charge in [-0.2, -0.15) is 13.2 Å². The number of esters is 1. The number of phenols is 1. The van der Waals surface area contributed by atoms with Crippen LogP contribution in [0.4, 0.5) is 13.2 Å². The molecule has 0 aromatic heterocycles. The number of ether oxygens (including phenoxy) is 3. The normalized spacial score (nSPS) is 18.1. The van der Waals surface area contributed by atoms with Gasteiger partial charge in [-0.1, -0.05) is 6.42 Å². The van der Waals surface area contributed by atoms with Crippen LogP contribution in [0.3, 0.4) is 0 Å². The number of hydrogen-bond acceptors (Lipinski definition) is 6. The van der Waals surface area contributed by atoms with Crippen LogP contribution in [0.2, 0.25) is 0 Å². The number of carbonyl (C=O) groups excluding carboxylic acids is 1. The second-order valence-corrected chi connectivity index (χ2v) is 5.98. The van der Waals surface area contributed by atoms with Crippen molar-refractivity contribution in [2.24, 2.45) is 0 Å². The number of nitrogens with zero attached hydrogens (tertiary/aromatic N) is 1. The smallest absolute Gasteiger partial charge is 0.421 e. The van der Waals surface area contributed by atoms with Crippen LogP contribution >= 0.6 is 0 Å². The van der Waals surface area contributed by atoms with E-state index in [1.165, 1.54) is 14.2 Å². The second-order valence-electron chi connectivity index (χ2n) is 5.98. The number of aromatic hydroxyl groups is 1. The van der Waals surface area contributed by atoms with Crippen LogP contribution < -0.4 is 9.47 Å². The van der Waals surface area contributed by atoms with E-state index in [-0.39, 0.29) is 24.6 Å². The molecule has 1 saturated heterocycles. The Morgan fingerprint density at radius 3 is 1.92 bits per heavy atom. The fraction of sp³-hybridized carbons (Fsp3) is 0.588. The Morgan fingerprint density at radius 2 is 1.54 bits per heavy atom. The SMILES string of the molecule is COC(=O)C(c1cc(OC)c(O)c(OC)c1)(N1CCCCC1)C(F)(F)F. The number of rotatable bonds is 5. The van der Waals surface area contributed by atoms with E-state index in [9.17, 15) is 23.1 Å². The van der Waals surface area contributed by atoms with E-state index in [4.69, 9.17) is 9.47 Å². The third-order valence-electron chi connectivity index (χ3n) is 4.62. The monoisotopic (exact) mass is 377 g/mol. The van der Waals surface area contributed by atoms with Crippen LogP contribution in [0.5, 0.6) is 17.2 Å². The van der Waals surface area contributed by atoms with Crippen molar-refractivity contribution in [3.05, 3.63) is 17.7 Å². The topological polar surface area (TPSA) is 68.2 Å². The fourth-order valence-electron chi connectivity index (χ4n) is 3.37. The van der Waals surface area contributed by atoms with Gasteiger partial charge in [-0.15, -0.1) is 0 Å². The summed E-state index contributed by atoms with van der Waals surface area (Å²) in [4.78, 5) is 13.6. The summed E-state index contributed by atoms with van der Waals surface area (Å²) in [5.74, 6) is -2.34. The molecule has 0 aliphatic carbocycles. The highest BCUT2D eigenvalue weighted by Crippen LogP contribution is 2.49. The van der Waals surface area contributed by atoms with E-state index in [0.29, 0.717) is 12.8 Å². The number of methoxy groups -OCH3 is 3. The van der Waals surface area contributed by atoms with Crippen molar-refractivity contribution >= 4 is 5.97 Å². The van der Waals surface area contributed by atoms with Crippen molar-refractivity contribution in [3.8, 4) is 17.2 Å². The quantitative estimate of drug-likeness (QED) is 0.796. The van der Waals surface area contributed by atoms with Crippen molar-refractivity contribution in [2.75, 3.05) is 34.4 Å². The highest BCUT2D eigenvalue weighted by molar-refractivity contribution is 5.84. The van der Waals surface area contributed by atoms with Gasteiger partial charge in [0.05, 0.1) is 21.3 Å². The van der Waals surface area contributed by atoms with Crippen LogP contribution in [0.25, 0.3) is 0 Å². The molecule has 146 valence electrons. The minimum absolute atomic E-state index is 0.0834. The first-order valence-electron chi connectivity index (χ1n) is 8.09. The molecular weight excluding hydrogens is 355 g/mol. The van der Waals surface area contributed by atoms with E-state index in [0.717, 1.165) is 30.6 Å². The third kappa shape index (κ3) is 3.15. The summed E-state index contributed by atoms with van der Waals surface area (Å²) in [5, 5.41) is 10.0. The highest BCUT2D eigenvalue weighted by Gasteiger charge is 2.66. The Morgan fingerprint density at radius 1 is 1.04 bits per heavy atom. The Balaban J connectivity index is 2.80. The lowest BCUT2D eigenvalue weighted by Crippen LogP contribution is -2.62. The summed E-state index contributed by atoms with van der Waals surface area (Å²) in [7, 11) is 3.32. The first kappa shape index (κ1) is 20.2. The molecule has 0 saturated carbocycles. The molecular formula is C17H22F3NO5. The first-order valence-corrected chi connectivity index (χ1v) is 8.09. The van der Waals surface area contributed by atoms with E-state index >= 15 is 0 Å². The predicted molar refractivity (Wildman–Crippen MR) is 86.4 cm³/mol. The number of benzene rings is 1. The molecule has 0 amide bonds. The van der Waals surface area contributed by atoms with Gasteiger partial charge in [-0.25, -0.2) is 4.79 Å². The van der Waals surface area contributed by atoms with E-state index in [1.54, 1.807) is 0 Å². The Kier molecular flexibility index (Phi) is 5.90. The highest BCUT2D eigenvalue weighted by atomic mass is 19.4. The zero-order chi connectivity index (χ0) is 19.5. The minimum atomic E-state index is -4.97. The maximum absolute atomic E-state index is 14.4. The average molecular weight is 377 g/mol. The molecule has 1 fully saturated rings. The molecule has 2 rings (SSSR count). The van der Waals surface area contributed by atoms with Crippen molar-refractivity contribution in [3.63, 3.8) is 0 Å². The molecule has 1 aromatic rings. The van der Waals surface area contributed by atoms with Crippen molar-refractivity contribution in [1.29, 1.82) is 0 Å².